The van der Waals surface area contributed by atoms with Crippen molar-refractivity contribution in [3.05, 3.63) is 34.9 Å². The van der Waals surface area contributed by atoms with Crippen LogP contribution in [0.5, 0.6) is 0 Å². The van der Waals surface area contributed by atoms with Crippen LogP contribution >= 0.6 is 0 Å². The minimum Gasteiger partial charge on any atom is -0.372 e. The minimum atomic E-state index is -0.901. The Labute approximate surface area is 110 Å². The van der Waals surface area contributed by atoms with Crippen LogP contribution in [0.2, 0.25) is 0 Å². The Morgan fingerprint density at radius 3 is 2.67 bits per heavy atom. The second-order valence-electron chi connectivity index (χ2n) is 5.54. The molecule has 1 aromatic carbocycles. The number of rotatable bonds is 5. The summed E-state index contributed by atoms with van der Waals surface area (Å²) >= 11 is 0. The lowest BCUT2D eigenvalue weighted by molar-refractivity contribution is 0.0198. The second-order valence-corrected chi connectivity index (χ2v) is 5.54. The number of aliphatic hydroxyl groups is 1. The SMILES string of the molecule is CCCCNC(C)(O)c1ccc2c(c1)CCCC2. The first-order chi connectivity index (χ1) is 8.63. The van der Waals surface area contributed by atoms with Crippen LogP contribution in [0.3, 0.4) is 0 Å². The lowest BCUT2D eigenvalue weighted by Crippen LogP contribution is -2.40. The highest BCUT2D eigenvalue weighted by Gasteiger charge is 2.23. The third kappa shape index (κ3) is 3.12. The van der Waals surface area contributed by atoms with Gasteiger partial charge in [0.2, 0.25) is 0 Å². The lowest BCUT2D eigenvalue weighted by atomic mass is 9.88. The molecule has 1 aromatic rings. The Bertz CT molecular complexity index is 398. The molecule has 1 unspecified atom stereocenters. The average Bonchev–Trinajstić information content (AvgIpc) is 2.38. The van der Waals surface area contributed by atoms with Crippen LogP contribution in [0.4, 0.5) is 0 Å². The number of aryl methyl sites for hydroxylation is 2. The molecule has 0 aliphatic heterocycles. The van der Waals surface area contributed by atoms with Crippen molar-refractivity contribution in [2.75, 3.05) is 6.54 Å². The summed E-state index contributed by atoms with van der Waals surface area (Å²) in [5, 5.41) is 13.7. The third-order valence-corrected chi connectivity index (χ3v) is 3.91. The number of nitrogens with one attached hydrogen (secondary N) is 1. The molecule has 18 heavy (non-hydrogen) atoms. The Morgan fingerprint density at radius 1 is 1.22 bits per heavy atom. The van der Waals surface area contributed by atoms with Gasteiger partial charge in [-0.1, -0.05) is 31.5 Å². The molecule has 2 rings (SSSR count). The zero-order chi connectivity index (χ0) is 13.0. The molecule has 0 fully saturated rings. The van der Waals surface area contributed by atoms with Crippen LogP contribution in [-0.4, -0.2) is 11.7 Å². The van der Waals surface area contributed by atoms with E-state index in [0.717, 1.165) is 31.4 Å². The van der Waals surface area contributed by atoms with Crippen molar-refractivity contribution in [3.8, 4) is 0 Å². The molecule has 0 saturated heterocycles. The van der Waals surface area contributed by atoms with Crippen molar-refractivity contribution in [1.82, 2.24) is 5.32 Å². The van der Waals surface area contributed by atoms with E-state index >= 15 is 0 Å². The minimum absolute atomic E-state index is 0.862. The maximum absolute atomic E-state index is 10.5. The van der Waals surface area contributed by atoms with Gasteiger partial charge in [0.15, 0.2) is 0 Å². The van der Waals surface area contributed by atoms with Crippen LogP contribution < -0.4 is 5.32 Å². The fourth-order valence-corrected chi connectivity index (χ4v) is 2.65. The van der Waals surface area contributed by atoms with Gasteiger partial charge in [0, 0.05) is 0 Å². The number of unbranched alkanes of at least 4 members (excludes halogenated alkanes) is 1. The Morgan fingerprint density at radius 2 is 1.94 bits per heavy atom. The number of fused-ring (bicyclic) bond motifs is 1. The fraction of sp³-hybridized carbons (Fsp3) is 0.625. The predicted molar refractivity (Wildman–Crippen MR) is 75.6 cm³/mol. The molecule has 2 heteroatoms. The molecule has 1 atom stereocenters. The summed E-state index contributed by atoms with van der Waals surface area (Å²) in [6.45, 7) is 4.88. The molecular weight excluding hydrogens is 222 g/mol. The van der Waals surface area contributed by atoms with Gasteiger partial charge in [-0.3, -0.25) is 5.32 Å². The molecule has 0 heterocycles. The van der Waals surface area contributed by atoms with Crippen molar-refractivity contribution in [2.24, 2.45) is 0 Å². The van der Waals surface area contributed by atoms with Gasteiger partial charge in [-0.2, -0.15) is 0 Å². The lowest BCUT2D eigenvalue weighted by Gasteiger charge is -2.27. The highest BCUT2D eigenvalue weighted by atomic mass is 16.3. The van der Waals surface area contributed by atoms with E-state index in [2.05, 4.69) is 30.4 Å². The highest BCUT2D eigenvalue weighted by Crippen LogP contribution is 2.26. The molecule has 0 radical (unpaired) electrons. The van der Waals surface area contributed by atoms with Gasteiger partial charge in [-0.25, -0.2) is 0 Å². The van der Waals surface area contributed by atoms with E-state index in [9.17, 15) is 5.11 Å². The molecule has 1 aliphatic rings. The quantitative estimate of drug-likeness (QED) is 0.619. The molecule has 0 aromatic heterocycles. The number of hydrogen-bond donors (Lipinski definition) is 2. The van der Waals surface area contributed by atoms with E-state index in [4.69, 9.17) is 0 Å². The number of hydrogen-bond acceptors (Lipinski definition) is 2. The monoisotopic (exact) mass is 247 g/mol. The molecule has 1 aliphatic carbocycles. The first-order valence-corrected chi connectivity index (χ1v) is 7.23. The van der Waals surface area contributed by atoms with E-state index in [-0.39, 0.29) is 0 Å². The van der Waals surface area contributed by atoms with Crippen molar-refractivity contribution in [2.45, 2.75) is 58.1 Å². The summed E-state index contributed by atoms with van der Waals surface area (Å²) in [5.74, 6) is 0. The average molecular weight is 247 g/mol. The fourth-order valence-electron chi connectivity index (χ4n) is 2.65. The van der Waals surface area contributed by atoms with Crippen LogP contribution in [0, 0.1) is 0 Å². The first kappa shape index (κ1) is 13.6. The molecule has 0 amide bonds. The van der Waals surface area contributed by atoms with Gasteiger partial charge in [0.05, 0.1) is 0 Å². The standard InChI is InChI=1S/C16H25NO/c1-3-4-11-17-16(2,18)15-10-9-13-7-5-6-8-14(13)12-15/h9-10,12,17-18H,3-8,11H2,1-2H3. The highest BCUT2D eigenvalue weighted by molar-refractivity contribution is 5.35. The van der Waals surface area contributed by atoms with Crippen LogP contribution in [0.25, 0.3) is 0 Å². The molecule has 100 valence electrons. The van der Waals surface area contributed by atoms with E-state index in [1.807, 2.05) is 6.92 Å². The first-order valence-electron chi connectivity index (χ1n) is 7.23. The topological polar surface area (TPSA) is 32.3 Å². The summed E-state index contributed by atoms with van der Waals surface area (Å²) in [6, 6.07) is 6.45. The van der Waals surface area contributed by atoms with Crippen LogP contribution in [0.1, 0.15) is 56.2 Å². The smallest absolute Gasteiger partial charge is 0.139 e. The Kier molecular flexibility index (Phi) is 4.41. The van der Waals surface area contributed by atoms with Crippen molar-refractivity contribution in [3.63, 3.8) is 0 Å². The van der Waals surface area contributed by atoms with E-state index in [0.29, 0.717) is 0 Å². The van der Waals surface area contributed by atoms with Crippen LogP contribution in [0.15, 0.2) is 18.2 Å². The largest absolute Gasteiger partial charge is 0.372 e. The molecule has 0 spiro atoms. The van der Waals surface area contributed by atoms with Crippen molar-refractivity contribution >= 4 is 0 Å². The third-order valence-electron chi connectivity index (χ3n) is 3.91. The van der Waals surface area contributed by atoms with E-state index < -0.39 is 5.72 Å². The maximum atomic E-state index is 10.5. The predicted octanol–water partition coefficient (Wildman–Crippen LogP) is 3.12. The molecule has 0 saturated carbocycles. The normalized spacial score (nSPS) is 18.2. The van der Waals surface area contributed by atoms with Crippen molar-refractivity contribution in [1.29, 1.82) is 0 Å². The van der Waals surface area contributed by atoms with Gasteiger partial charge in [-0.05, 0) is 62.3 Å². The summed E-state index contributed by atoms with van der Waals surface area (Å²) in [4.78, 5) is 0. The summed E-state index contributed by atoms with van der Waals surface area (Å²) in [5.41, 5.74) is 2.99. The Balaban J connectivity index is 2.11. The van der Waals surface area contributed by atoms with Crippen LogP contribution in [-0.2, 0) is 18.6 Å². The van der Waals surface area contributed by atoms with Gasteiger partial charge in [0.25, 0.3) is 0 Å². The van der Waals surface area contributed by atoms with Gasteiger partial charge in [0.1, 0.15) is 5.72 Å². The van der Waals surface area contributed by atoms with Gasteiger partial charge in [-0.15, -0.1) is 0 Å². The van der Waals surface area contributed by atoms with Gasteiger partial charge < -0.3 is 5.11 Å². The number of benzene rings is 1. The van der Waals surface area contributed by atoms with Crippen molar-refractivity contribution < 1.29 is 5.11 Å². The summed E-state index contributed by atoms with van der Waals surface area (Å²) < 4.78 is 0. The molecular formula is C16H25NO. The van der Waals surface area contributed by atoms with E-state index in [1.54, 1.807) is 0 Å². The van der Waals surface area contributed by atoms with Gasteiger partial charge >= 0.3 is 0 Å². The maximum Gasteiger partial charge on any atom is 0.139 e. The summed E-state index contributed by atoms with van der Waals surface area (Å²) in [7, 11) is 0. The van der Waals surface area contributed by atoms with E-state index in [1.165, 1.54) is 30.4 Å². The zero-order valence-corrected chi connectivity index (χ0v) is 11.6. The molecule has 2 N–H and O–H groups in total. The zero-order valence-electron chi connectivity index (χ0n) is 11.6. The molecule has 2 nitrogen and oxygen atoms in total. The second kappa shape index (κ2) is 5.85. The molecule has 0 bridgehead atoms. The Hall–Kier alpha value is -0.860. The summed E-state index contributed by atoms with van der Waals surface area (Å²) in [6.07, 6.45) is 7.18.